The van der Waals surface area contributed by atoms with Crippen molar-refractivity contribution in [2.45, 2.75) is 33.1 Å². The zero-order valence-electron chi connectivity index (χ0n) is 11.2. The van der Waals surface area contributed by atoms with Gasteiger partial charge in [-0.2, -0.15) is 5.26 Å². The Morgan fingerprint density at radius 2 is 1.78 bits per heavy atom. The fraction of sp³-hybridized carbons (Fsp3) is 0.333. The average Bonchev–Trinajstić information content (AvgIpc) is 2.69. The molecule has 0 unspecified atom stereocenters. The molecule has 0 saturated heterocycles. The van der Waals surface area contributed by atoms with Crippen LogP contribution < -0.4 is 0 Å². The molecule has 0 aliphatic carbocycles. The van der Waals surface area contributed by atoms with Crippen LogP contribution in [0, 0.1) is 18.3 Å². The van der Waals surface area contributed by atoms with E-state index in [0.717, 1.165) is 17.1 Å². The van der Waals surface area contributed by atoms with Gasteiger partial charge in [0.05, 0.1) is 5.69 Å². The molecule has 2 rings (SSSR count). The zero-order chi connectivity index (χ0) is 13.3. The molecule has 18 heavy (non-hydrogen) atoms. The van der Waals surface area contributed by atoms with Gasteiger partial charge >= 0.3 is 0 Å². The Hall–Kier alpha value is -2.08. The van der Waals surface area contributed by atoms with Crippen LogP contribution in [0.1, 0.15) is 37.7 Å². The number of imidazole rings is 1. The highest BCUT2D eigenvalue weighted by atomic mass is 14.9. The predicted molar refractivity (Wildman–Crippen MR) is 72.2 cm³/mol. The Morgan fingerprint density at radius 1 is 1.17 bits per heavy atom. The third-order valence-electron chi connectivity index (χ3n) is 3.01. The van der Waals surface area contributed by atoms with E-state index in [2.05, 4.69) is 48.9 Å². The van der Waals surface area contributed by atoms with Crippen LogP contribution in [0.4, 0.5) is 0 Å². The summed E-state index contributed by atoms with van der Waals surface area (Å²) in [6.45, 7) is 8.42. The first-order valence-corrected chi connectivity index (χ1v) is 5.99. The number of nitrogens with zero attached hydrogens (tertiary/aromatic N) is 2. The van der Waals surface area contributed by atoms with Crippen molar-refractivity contribution in [2.24, 2.45) is 0 Å². The van der Waals surface area contributed by atoms with Gasteiger partial charge in [-0.15, -0.1) is 0 Å². The minimum Gasteiger partial charge on any atom is -0.341 e. The second kappa shape index (κ2) is 4.30. The van der Waals surface area contributed by atoms with Crippen LogP contribution in [0.5, 0.6) is 0 Å². The molecule has 0 atom stereocenters. The summed E-state index contributed by atoms with van der Waals surface area (Å²) in [5.41, 5.74) is 3.72. The minimum absolute atomic E-state index is 0.148. The van der Waals surface area contributed by atoms with Gasteiger partial charge in [0.1, 0.15) is 11.9 Å². The molecule has 2 aromatic rings. The van der Waals surface area contributed by atoms with E-state index in [9.17, 15) is 0 Å². The number of aryl methyl sites for hydroxylation is 1. The summed E-state index contributed by atoms with van der Waals surface area (Å²) >= 11 is 0. The third-order valence-corrected chi connectivity index (χ3v) is 3.01. The number of hydrogen-bond donors (Lipinski definition) is 1. The van der Waals surface area contributed by atoms with E-state index in [1.54, 1.807) is 0 Å². The molecule has 0 fully saturated rings. The van der Waals surface area contributed by atoms with Crippen molar-refractivity contribution in [1.29, 1.82) is 5.26 Å². The fourth-order valence-corrected chi connectivity index (χ4v) is 1.83. The quantitative estimate of drug-likeness (QED) is 0.827. The molecule has 1 N–H and O–H groups in total. The van der Waals surface area contributed by atoms with E-state index >= 15 is 0 Å². The Bertz CT molecular complexity index is 592. The first kappa shape index (κ1) is 12.4. The maximum atomic E-state index is 8.90. The average molecular weight is 239 g/mol. The van der Waals surface area contributed by atoms with Gasteiger partial charge in [0.15, 0.2) is 5.69 Å². The lowest BCUT2D eigenvalue weighted by molar-refractivity contribution is 0.590. The fourth-order valence-electron chi connectivity index (χ4n) is 1.83. The molecular weight excluding hydrogens is 222 g/mol. The molecule has 0 aliphatic heterocycles. The van der Waals surface area contributed by atoms with Crippen LogP contribution in [-0.2, 0) is 5.41 Å². The van der Waals surface area contributed by atoms with Crippen molar-refractivity contribution in [3.63, 3.8) is 0 Å². The second-order valence-electron chi connectivity index (χ2n) is 5.50. The van der Waals surface area contributed by atoms with E-state index in [1.165, 1.54) is 5.56 Å². The molecule has 0 bridgehead atoms. The van der Waals surface area contributed by atoms with E-state index in [4.69, 9.17) is 5.26 Å². The van der Waals surface area contributed by atoms with Crippen molar-refractivity contribution < 1.29 is 0 Å². The summed E-state index contributed by atoms with van der Waals surface area (Å²) in [6.07, 6.45) is 0. The second-order valence-corrected chi connectivity index (χ2v) is 5.50. The summed E-state index contributed by atoms with van der Waals surface area (Å²) < 4.78 is 0. The highest BCUT2D eigenvalue weighted by molar-refractivity contribution is 5.57. The monoisotopic (exact) mass is 239 g/mol. The predicted octanol–water partition coefficient (Wildman–Crippen LogP) is 3.55. The number of benzene rings is 1. The van der Waals surface area contributed by atoms with Crippen LogP contribution in [0.3, 0.4) is 0 Å². The lowest BCUT2D eigenvalue weighted by atomic mass is 9.87. The summed E-state index contributed by atoms with van der Waals surface area (Å²) in [6, 6.07) is 10.4. The summed E-state index contributed by atoms with van der Waals surface area (Å²) in [4.78, 5) is 7.41. The molecule has 92 valence electrons. The van der Waals surface area contributed by atoms with Gasteiger partial charge in [-0.05, 0) is 17.9 Å². The van der Waals surface area contributed by atoms with Crippen molar-refractivity contribution in [3.05, 3.63) is 41.2 Å². The zero-order valence-corrected chi connectivity index (χ0v) is 11.2. The van der Waals surface area contributed by atoms with Crippen molar-refractivity contribution in [3.8, 4) is 17.5 Å². The molecule has 1 aromatic heterocycles. The highest BCUT2D eigenvalue weighted by Crippen LogP contribution is 2.25. The Morgan fingerprint density at radius 3 is 2.22 bits per heavy atom. The smallest absolute Gasteiger partial charge is 0.161 e. The summed E-state index contributed by atoms with van der Waals surface area (Å²) in [5, 5.41) is 8.90. The van der Waals surface area contributed by atoms with Crippen LogP contribution >= 0.6 is 0 Å². The Labute approximate surface area is 107 Å². The van der Waals surface area contributed by atoms with E-state index in [-0.39, 0.29) is 5.41 Å². The largest absolute Gasteiger partial charge is 0.341 e. The van der Waals surface area contributed by atoms with Gasteiger partial charge in [-0.25, -0.2) is 4.98 Å². The molecule has 3 nitrogen and oxygen atoms in total. The minimum atomic E-state index is 0.148. The van der Waals surface area contributed by atoms with Gasteiger partial charge in [0.25, 0.3) is 0 Å². The van der Waals surface area contributed by atoms with Crippen LogP contribution in [0.15, 0.2) is 24.3 Å². The van der Waals surface area contributed by atoms with Crippen molar-refractivity contribution in [1.82, 2.24) is 9.97 Å². The maximum absolute atomic E-state index is 8.90. The van der Waals surface area contributed by atoms with Crippen molar-refractivity contribution in [2.75, 3.05) is 0 Å². The number of nitrogens with one attached hydrogen (secondary N) is 1. The Kier molecular flexibility index (Phi) is 2.96. The maximum Gasteiger partial charge on any atom is 0.161 e. The topological polar surface area (TPSA) is 52.5 Å². The van der Waals surface area contributed by atoms with E-state index in [1.807, 2.05) is 19.1 Å². The van der Waals surface area contributed by atoms with Gasteiger partial charge in [-0.3, -0.25) is 0 Å². The van der Waals surface area contributed by atoms with Crippen LogP contribution in [-0.4, -0.2) is 9.97 Å². The van der Waals surface area contributed by atoms with E-state index in [0.29, 0.717) is 5.69 Å². The molecule has 0 amide bonds. The normalized spacial score (nSPS) is 11.3. The summed E-state index contributed by atoms with van der Waals surface area (Å²) in [7, 11) is 0. The van der Waals surface area contributed by atoms with Gasteiger partial charge in [0.2, 0.25) is 0 Å². The Balaban J connectivity index is 2.38. The molecule has 1 heterocycles. The number of nitriles is 1. The molecule has 0 spiro atoms. The number of aromatic nitrogens is 2. The lowest BCUT2D eigenvalue weighted by Crippen LogP contribution is -2.10. The van der Waals surface area contributed by atoms with Gasteiger partial charge < -0.3 is 4.98 Å². The number of aromatic amines is 1. The standard InChI is InChI=1S/C15H17N3/c1-10-13(9-16)18-14(17-10)11-5-7-12(8-6-11)15(2,3)4/h5-8H,1-4H3,(H,17,18). The van der Waals surface area contributed by atoms with E-state index < -0.39 is 0 Å². The number of H-pyrrole nitrogens is 1. The molecule has 0 radical (unpaired) electrons. The first-order valence-electron chi connectivity index (χ1n) is 5.99. The molecular formula is C15H17N3. The lowest BCUT2D eigenvalue weighted by Gasteiger charge is -2.18. The van der Waals surface area contributed by atoms with Crippen LogP contribution in [0.2, 0.25) is 0 Å². The molecule has 3 heteroatoms. The molecule has 0 aliphatic rings. The molecule has 1 aromatic carbocycles. The van der Waals surface area contributed by atoms with Gasteiger partial charge in [-0.1, -0.05) is 45.0 Å². The summed E-state index contributed by atoms with van der Waals surface area (Å²) in [5.74, 6) is 0.754. The SMILES string of the molecule is Cc1[nH]c(-c2ccc(C(C)(C)C)cc2)nc1C#N. The molecule has 0 saturated carbocycles. The third kappa shape index (κ3) is 2.28. The number of hydrogen-bond acceptors (Lipinski definition) is 2. The first-order chi connectivity index (χ1) is 8.41. The highest BCUT2D eigenvalue weighted by Gasteiger charge is 2.14. The van der Waals surface area contributed by atoms with Crippen molar-refractivity contribution >= 4 is 0 Å². The number of rotatable bonds is 1. The van der Waals surface area contributed by atoms with Gasteiger partial charge in [0, 0.05) is 5.56 Å². The van der Waals surface area contributed by atoms with Crippen LogP contribution in [0.25, 0.3) is 11.4 Å².